The van der Waals surface area contributed by atoms with Gasteiger partial charge < -0.3 is 9.32 Å². The van der Waals surface area contributed by atoms with Gasteiger partial charge in [0.1, 0.15) is 11.5 Å². The quantitative estimate of drug-likeness (QED) is 0.535. The van der Waals surface area contributed by atoms with E-state index in [1.807, 2.05) is 30.0 Å². The van der Waals surface area contributed by atoms with Gasteiger partial charge in [-0.05, 0) is 55.5 Å². The topological polar surface area (TPSA) is 50.8 Å². The molecule has 0 N–H and O–H groups in total. The zero-order chi connectivity index (χ0) is 18.8. The minimum Gasteiger partial charge on any atom is -0.463 e. The first-order chi connectivity index (χ1) is 13.2. The Labute approximate surface area is 155 Å². The van der Waals surface area contributed by atoms with E-state index in [0.29, 0.717) is 35.9 Å². The molecule has 0 amide bonds. The largest absolute Gasteiger partial charge is 0.463 e. The van der Waals surface area contributed by atoms with Crippen LogP contribution in [0.2, 0.25) is 0 Å². The maximum atomic E-state index is 13.2. The lowest BCUT2D eigenvalue weighted by atomic mass is 10.2. The minimum absolute atomic E-state index is 0.169. The average Bonchev–Trinajstić information content (AvgIpc) is 3.21. The first-order valence-electron chi connectivity index (χ1n) is 8.72. The van der Waals surface area contributed by atoms with Crippen molar-refractivity contribution in [2.24, 2.45) is 0 Å². The fourth-order valence-electron chi connectivity index (χ4n) is 3.13. The van der Waals surface area contributed by atoms with Gasteiger partial charge >= 0.3 is 0 Å². The fourth-order valence-corrected chi connectivity index (χ4v) is 3.13. The Hall–Kier alpha value is -3.41. The molecule has 0 aliphatic carbocycles. The van der Waals surface area contributed by atoms with Crippen LogP contribution in [0, 0.1) is 5.82 Å². The normalized spacial score (nSPS) is 11.0. The summed E-state index contributed by atoms with van der Waals surface area (Å²) in [6.45, 7) is 3.17. The molecular formula is C21H18FN3O2. The molecule has 0 saturated heterocycles. The van der Waals surface area contributed by atoms with Crippen LogP contribution in [0.25, 0.3) is 17.1 Å². The molecule has 136 valence electrons. The van der Waals surface area contributed by atoms with E-state index < -0.39 is 0 Å². The summed E-state index contributed by atoms with van der Waals surface area (Å²) in [6.07, 6.45) is 1.57. The molecule has 0 bridgehead atoms. The summed E-state index contributed by atoms with van der Waals surface area (Å²) in [7, 11) is 0. The van der Waals surface area contributed by atoms with Crippen molar-refractivity contribution in [2.75, 3.05) is 11.4 Å². The van der Waals surface area contributed by atoms with Crippen molar-refractivity contribution in [3.63, 3.8) is 0 Å². The summed E-state index contributed by atoms with van der Waals surface area (Å²) < 4.78 is 20.2. The number of fused-ring (bicyclic) bond motifs is 1. The number of anilines is 1. The van der Waals surface area contributed by atoms with E-state index in [-0.39, 0.29) is 11.4 Å². The van der Waals surface area contributed by atoms with Crippen molar-refractivity contribution in [3.8, 4) is 11.5 Å². The van der Waals surface area contributed by atoms with Crippen LogP contribution in [-0.2, 0) is 6.54 Å². The molecule has 0 spiro atoms. The summed E-state index contributed by atoms with van der Waals surface area (Å²) in [5, 5.41) is 0. The lowest BCUT2D eigenvalue weighted by molar-refractivity contribution is 0.578. The molecule has 0 atom stereocenters. The third-order valence-electron chi connectivity index (χ3n) is 4.44. The Bertz CT molecular complexity index is 1120. The number of rotatable bonds is 5. The Morgan fingerprint density at radius 1 is 1.11 bits per heavy atom. The minimum atomic E-state index is -0.276. The summed E-state index contributed by atoms with van der Waals surface area (Å²) in [5.74, 6) is 0.334. The van der Waals surface area contributed by atoms with Crippen LogP contribution in [0.1, 0.15) is 12.6 Å². The lowest BCUT2D eigenvalue weighted by Crippen LogP contribution is -2.25. The van der Waals surface area contributed by atoms with Crippen LogP contribution < -0.4 is 10.5 Å². The zero-order valence-electron chi connectivity index (χ0n) is 14.8. The average molecular weight is 363 g/mol. The first kappa shape index (κ1) is 17.0. The zero-order valence-corrected chi connectivity index (χ0v) is 14.8. The van der Waals surface area contributed by atoms with E-state index in [2.05, 4.69) is 4.98 Å². The predicted molar refractivity (Wildman–Crippen MR) is 102 cm³/mol. The maximum Gasteiger partial charge on any atom is 0.258 e. The monoisotopic (exact) mass is 363 g/mol. The van der Waals surface area contributed by atoms with Gasteiger partial charge in [0, 0.05) is 18.3 Å². The number of pyridine rings is 1. The number of furan rings is 1. The molecule has 0 saturated carbocycles. The predicted octanol–water partition coefficient (Wildman–Crippen LogP) is 4.12. The molecule has 3 aromatic heterocycles. The van der Waals surface area contributed by atoms with E-state index in [4.69, 9.17) is 4.42 Å². The van der Waals surface area contributed by atoms with Crippen LogP contribution in [0.15, 0.2) is 76.1 Å². The standard InChI is InChI=1S/C21H18FN3O2/c1-2-24(17-10-8-15(22)9-11-17)14-16-13-21(26)25-18(19-6-4-12-27-19)5-3-7-20(25)23-16/h3-13H,2,14H2,1H3. The van der Waals surface area contributed by atoms with Gasteiger partial charge in [-0.1, -0.05) is 6.07 Å². The number of benzene rings is 1. The molecule has 0 aliphatic rings. The van der Waals surface area contributed by atoms with Crippen molar-refractivity contribution in [2.45, 2.75) is 13.5 Å². The van der Waals surface area contributed by atoms with Gasteiger partial charge in [0.15, 0.2) is 5.76 Å². The number of aromatic nitrogens is 2. The van der Waals surface area contributed by atoms with Gasteiger partial charge in [-0.2, -0.15) is 0 Å². The molecule has 4 rings (SSSR count). The van der Waals surface area contributed by atoms with Crippen LogP contribution >= 0.6 is 0 Å². The summed E-state index contributed by atoms with van der Waals surface area (Å²) in [4.78, 5) is 19.5. The van der Waals surface area contributed by atoms with Gasteiger partial charge in [-0.15, -0.1) is 0 Å². The Balaban J connectivity index is 1.73. The second-order valence-corrected chi connectivity index (χ2v) is 6.16. The lowest BCUT2D eigenvalue weighted by Gasteiger charge is -2.22. The molecule has 27 heavy (non-hydrogen) atoms. The molecule has 4 aromatic rings. The highest BCUT2D eigenvalue weighted by Crippen LogP contribution is 2.20. The third kappa shape index (κ3) is 3.33. The summed E-state index contributed by atoms with van der Waals surface area (Å²) in [5.41, 5.74) is 2.58. The van der Waals surface area contributed by atoms with Crippen molar-refractivity contribution in [1.29, 1.82) is 0 Å². The highest BCUT2D eigenvalue weighted by atomic mass is 19.1. The molecule has 0 radical (unpaired) electrons. The molecule has 0 unspecified atom stereocenters. The summed E-state index contributed by atoms with van der Waals surface area (Å²) in [6, 6.07) is 16.9. The molecular weight excluding hydrogens is 345 g/mol. The first-order valence-corrected chi connectivity index (χ1v) is 8.72. The van der Waals surface area contributed by atoms with Gasteiger partial charge in [0.25, 0.3) is 5.56 Å². The van der Waals surface area contributed by atoms with E-state index in [1.54, 1.807) is 30.5 Å². The molecule has 1 aromatic carbocycles. The highest BCUT2D eigenvalue weighted by molar-refractivity contribution is 5.58. The van der Waals surface area contributed by atoms with Gasteiger partial charge in [-0.25, -0.2) is 9.37 Å². The van der Waals surface area contributed by atoms with Crippen LogP contribution in [0.5, 0.6) is 0 Å². The molecule has 6 heteroatoms. The van der Waals surface area contributed by atoms with Crippen molar-refractivity contribution in [3.05, 3.63) is 88.8 Å². The second-order valence-electron chi connectivity index (χ2n) is 6.16. The van der Waals surface area contributed by atoms with Crippen LogP contribution in [-0.4, -0.2) is 15.9 Å². The van der Waals surface area contributed by atoms with Crippen molar-refractivity contribution >= 4 is 11.3 Å². The summed E-state index contributed by atoms with van der Waals surface area (Å²) >= 11 is 0. The number of hydrogen-bond acceptors (Lipinski definition) is 4. The van der Waals surface area contributed by atoms with Crippen molar-refractivity contribution in [1.82, 2.24) is 9.38 Å². The van der Waals surface area contributed by atoms with Crippen molar-refractivity contribution < 1.29 is 8.81 Å². The third-order valence-corrected chi connectivity index (χ3v) is 4.44. The molecule has 0 aliphatic heterocycles. The SMILES string of the molecule is CCN(Cc1cc(=O)n2c(-c3ccco3)cccc2n1)c1ccc(F)cc1. The van der Waals surface area contributed by atoms with Gasteiger partial charge in [0.2, 0.25) is 0 Å². The molecule has 0 fully saturated rings. The van der Waals surface area contributed by atoms with E-state index in [1.165, 1.54) is 22.6 Å². The van der Waals surface area contributed by atoms with E-state index in [9.17, 15) is 9.18 Å². The number of nitrogens with zero attached hydrogens (tertiary/aromatic N) is 3. The fraction of sp³-hybridized carbons (Fsp3) is 0.143. The number of hydrogen-bond donors (Lipinski definition) is 0. The molecule has 5 nitrogen and oxygen atoms in total. The van der Waals surface area contributed by atoms with E-state index >= 15 is 0 Å². The Kier molecular flexibility index (Phi) is 4.46. The Morgan fingerprint density at radius 3 is 2.63 bits per heavy atom. The number of halogens is 1. The highest BCUT2D eigenvalue weighted by Gasteiger charge is 2.12. The van der Waals surface area contributed by atoms with Crippen LogP contribution in [0.3, 0.4) is 0 Å². The maximum absolute atomic E-state index is 13.2. The second kappa shape index (κ2) is 7.07. The Morgan fingerprint density at radius 2 is 1.93 bits per heavy atom. The smallest absolute Gasteiger partial charge is 0.258 e. The van der Waals surface area contributed by atoms with E-state index in [0.717, 1.165) is 5.69 Å². The molecule has 3 heterocycles. The van der Waals surface area contributed by atoms with Gasteiger partial charge in [0.05, 0.1) is 24.2 Å². The van der Waals surface area contributed by atoms with Gasteiger partial charge in [-0.3, -0.25) is 9.20 Å². The van der Waals surface area contributed by atoms with Crippen LogP contribution in [0.4, 0.5) is 10.1 Å².